The average molecular weight is 283 g/mol. The molecule has 0 spiro atoms. The fraction of sp³-hybridized carbons (Fsp3) is 0.286. The molecule has 1 aliphatic heterocycles. The molecule has 2 aromatic rings. The molecule has 0 amide bonds. The second-order valence-corrected chi connectivity index (χ2v) is 4.69. The van der Waals surface area contributed by atoms with Crippen molar-refractivity contribution in [1.82, 2.24) is 15.2 Å². The van der Waals surface area contributed by atoms with Gasteiger partial charge in [0.1, 0.15) is 5.92 Å². The van der Waals surface area contributed by atoms with Crippen molar-refractivity contribution in [2.75, 3.05) is 7.11 Å². The summed E-state index contributed by atoms with van der Waals surface area (Å²) >= 11 is 0. The number of aromatic amines is 1. The van der Waals surface area contributed by atoms with E-state index in [1.807, 2.05) is 12.1 Å². The van der Waals surface area contributed by atoms with Gasteiger partial charge in [0.25, 0.3) is 0 Å². The quantitative estimate of drug-likeness (QED) is 0.889. The number of nitrogens with zero attached hydrogens (tertiary/aromatic N) is 3. The van der Waals surface area contributed by atoms with Crippen molar-refractivity contribution in [1.29, 1.82) is 10.7 Å². The monoisotopic (exact) mass is 283 g/mol. The summed E-state index contributed by atoms with van der Waals surface area (Å²) in [5, 5.41) is 24.3. The minimum Gasteiger partial charge on any atom is -0.422 e. The summed E-state index contributed by atoms with van der Waals surface area (Å²) in [6.07, 6.45) is 3.33. The molecule has 7 heteroatoms. The Hall–Kier alpha value is -2.72. The standard InChI is InChI=1S/C14H13N5O2/c1-20-7-10-12-11(8-2-4-17-5-3-8)9(6-15)13(16)21-14(12)19-18-10/h2-5,9,11,16H,7H2,1H3,(H,18,19). The first-order valence-electron chi connectivity index (χ1n) is 6.38. The van der Waals surface area contributed by atoms with Gasteiger partial charge in [-0.15, -0.1) is 5.10 Å². The molecule has 0 saturated heterocycles. The van der Waals surface area contributed by atoms with E-state index in [1.165, 1.54) is 0 Å². The van der Waals surface area contributed by atoms with E-state index in [-0.39, 0.29) is 11.8 Å². The maximum Gasteiger partial charge on any atom is 0.243 e. The SMILES string of the molecule is COCc1[nH]nc2c1C(c1ccncc1)C(C#N)C(=N)O2. The predicted octanol–water partition coefficient (Wildman–Crippen LogP) is 1.59. The zero-order chi connectivity index (χ0) is 14.8. The van der Waals surface area contributed by atoms with Crippen LogP contribution in [0, 0.1) is 22.7 Å². The molecule has 2 atom stereocenters. The summed E-state index contributed by atoms with van der Waals surface area (Å²) in [6, 6.07) is 5.82. The number of pyridine rings is 1. The highest BCUT2D eigenvalue weighted by Gasteiger charge is 2.40. The van der Waals surface area contributed by atoms with Crippen LogP contribution in [0.2, 0.25) is 0 Å². The first kappa shape index (κ1) is 13.3. The maximum absolute atomic E-state index is 9.43. The van der Waals surface area contributed by atoms with Crippen LogP contribution in [0.4, 0.5) is 0 Å². The molecule has 0 bridgehead atoms. The summed E-state index contributed by atoms with van der Waals surface area (Å²) in [6.45, 7) is 0.332. The lowest BCUT2D eigenvalue weighted by molar-refractivity contribution is 0.180. The minimum atomic E-state index is -0.701. The molecule has 0 aliphatic carbocycles. The zero-order valence-electron chi connectivity index (χ0n) is 11.3. The number of hydrogen-bond acceptors (Lipinski definition) is 6. The van der Waals surface area contributed by atoms with Crippen molar-refractivity contribution in [3.8, 4) is 11.9 Å². The van der Waals surface area contributed by atoms with Crippen LogP contribution in [0.3, 0.4) is 0 Å². The second kappa shape index (κ2) is 5.34. The lowest BCUT2D eigenvalue weighted by Gasteiger charge is -2.27. The second-order valence-electron chi connectivity index (χ2n) is 4.69. The number of H-pyrrole nitrogens is 1. The number of methoxy groups -OCH3 is 1. The van der Waals surface area contributed by atoms with Gasteiger partial charge in [0.2, 0.25) is 11.8 Å². The van der Waals surface area contributed by atoms with Gasteiger partial charge >= 0.3 is 0 Å². The Morgan fingerprint density at radius 1 is 1.48 bits per heavy atom. The van der Waals surface area contributed by atoms with Crippen molar-refractivity contribution < 1.29 is 9.47 Å². The maximum atomic E-state index is 9.43. The number of nitriles is 1. The van der Waals surface area contributed by atoms with E-state index in [0.29, 0.717) is 12.5 Å². The van der Waals surface area contributed by atoms with Gasteiger partial charge in [-0.25, -0.2) is 0 Å². The van der Waals surface area contributed by atoms with Crippen LogP contribution in [0.15, 0.2) is 24.5 Å². The molecule has 1 aliphatic rings. The van der Waals surface area contributed by atoms with Crippen LogP contribution in [-0.4, -0.2) is 28.2 Å². The van der Waals surface area contributed by atoms with E-state index in [0.717, 1.165) is 16.8 Å². The largest absolute Gasteiger partial charge is 0.422 e. The molecule has 0 fully saturated rings. The first-order chi connectivity index (χ1) is 10.3. The van der Waals surface area contributed by atoms with E-state index in [1.54, 1.807) is 19.5 Å². The normalized spacial score (nSPS) is 20.5. The Balaban J connectivity index is 2.17. The van der Waals surface area contributed by atoms with Gasteiger partial charge in [-0.1, -0.05) is 0 Å². The summed E-state index contributed by atoms with van der Waals surface area (Å²) in [5.41, 5.74) is 2.41. The van der Waals surface area contributed by atoms with Crippen molar-refractivity contribution in [3.63, 3.8) is 0 Å². The van der Waals surface area contributed by atoms with E-state index < -0.39 is 5.92 Å². The lowest BCUT2D eigenvalue weighted by Crippen LogP contribution is -2.31. The highest BCUT2D eigenvalue weighted by molar-refractivity contribution is 5.84. The number of hydrogen-bond donors (Lipinski definition) is 2. The van der Waals surface area contributed by atoms with E-state index in [4.69, 9.17) is 14.9 Å². The van der Waals surface area contributed by atoms with Gasteiger partial charge in [-0.2, -0.15) is 5.26 Å². The number of rotatable bonds is 3. The summed E-state index contributed by atoms with van der Waals surface area (Å²) < 4.78 is 10.5. The third-order valence-electron chi connectivity index (χ3n) is 3.47. The Kier molecular flexibility index (Phi) is 3.38. The van der Waals surface area contributed by atoms with Gasteiger partial charge in [-0.05, 0) is 17.7 Å². The number of nitrogens with one attached hydrogen (secondary N) is 2. The van der Waals surface area contributed by atoms with Gasteiger partial charge in [0.15, 0.2) is 0 Å². The fourth-order valence-corrected chi connectivity index (χ4v) is 2.57. The Bertz CT molecular complexity index is 704. The Morgan fingerprint density at radius 3 is 2.90 bits per heavy atom. The zero-order valence-corrected chi connectivity index (χ0v) is 11.3. The Morgan fingerprint density at radius 2 is 2.24 bits per heavy atom. The lowest BCUT2D eigenvalue weighted by atomic mass is 9.80. The number of fused-ring (bicyclic) bond motifs is 1. The van der Waals surface area contributed by atoms with Gasteiger partial charge in [0.05, 0.1) is 18.4 Å². The number of ether oxygens (including phenoxy) is 2. The van der Waals surface area contributed by atoms with Crippen LogP contribution in [0.5, 0.6) is 5.88 Å². The smallest absolute Gasteiger partial charge is 0.243 e. The molecule has 2 unspecified atom stereocenters. The summed E-state index contributed by atoms with van der Waals surface area (Å²) in [4.78, 5) is 4.00. The first-order valence-corrected chi connectivity index (χ1v) is 6.38. The topological polar surface area (TPSA) is 108 Å². The molecule has 0 aromatic carbocycles. The van der Waals surface area contributed by atoms with E-state index in [9.17, 15) is 5.26 Å². The molecular formula is C14H13N5O2. The highest BCUT2D eigenvalue weighted by Crippen LogP contribution is 2.42. The molecule has 7 nitrogen and oxygen atoms in total. The van der Waals surface area contributed by atoms with Crippen molar-refractivity contribution in [3.05, 3.63) is 41.3 Å². The Labute approximate surface area is 121 Å². The molecule has 2 aromatic heterocycles. The van der Waals surface area contributed by atoms with Gasteiger partial charge in [0, 0.05) is 31.0 Å². The molecule has 2 N–H and O–H groups in total. The van der Waals surface area contributed by atoms with E-state index in [2.05, 4.69) is 21.3 Å². The molecule has 3 heterocycles. The summed E-state index contributed by atoms with van der Waals surface area (Å²) in [7, 11) is 1.59. The molecular weight excluding hydrogens is 270 g/mol. The molecule has 21 heavy (non-hydrogen) atoms. The van der Waals surface area contributed by atoms with Crippen molar-refractivity contribution in [2.45, 2.75) is 12.5 Å². The van der Waals surface area contributed by atoms with E-state index >= 15 is 0 Å². The van der Waals surface area contributed by atoms with Gasteiger partial charge in [-0.3, -0.25) is 15.5 Å². The van der Waals surface area contributed by atoms with Crippen LogP contribution in [-0.2, 0) is 11.3 Å². The third kappa shape index (κ3) is 2.15. The predicted molar refractivity (Wildman–Crippen MR) is 72.8 cm³/mol. The average Bonchev–Trinajstić information content (AvgIpc) is 2.89. The molecule has 3 rings (SSSR count). The van der Waals surface area contributed by atoms with Crippen molar-refractivity contribution >= 4 is 5.90 Å². The molecule has 0 saturated carbocycles. The molecule has 106 valence electrons. The number of aromatic nitrogens is 3. The van der Waals surface area contributed by atoms with Crippen LogP contribution >= 0.6 is 0 Å². The molecule has 0 radical (unpaired) electrons. The highest BCUT2D eigenvalue weighted by atomic mass is 16.5. The fourth-order valence-electron chi connectivity index (χ4n) is 2.57. The van der Waals surface area contributed by atoms with Crippen LogP contribution in [0.1, 0.15) is 22.7 Å². The summed E-state index contributed by atoms with van der Waals surface area (Å²) in [5.74, 6) is -0.783. The third-order valence-corrected chi connectivity index (χ3v) is 3.47. The van der Waals surface area contributed by atoms with Crippen LogP contribution in [0.25, 0.3) is 0 Å². The van der Waals surface area contributed by atoms with Crippen molar-refractivity contribution in [2.24, 2.45) is 5.92 Å². The van der Waals surface area contributed by atoms with Gasteiger partial charge < -0.3 is 9.47 Å². The minimum absolute atomic E-state index is 0.0951. The van der Waals surface area contributed by atoms with Crippen LogP contribution < -0.4 is 4.74 Å².